The number of aryl methyl sites for hydroxylation is 1. The molecule has 1 aliphatic carbocycles. The zero-order chi connectivity index (χ0) is 28.6. The van der Waals surface area contributed by atoms with Crippen LogP contribution >= 0.6 is 0 Å². The van der Waals surface area contributed by atoms with Gasteiger partial charge in [-0.05, 0) is 79.5 Å². The van der Waals surface area contributed by atoms with Crippen molar-refractivity contribution < 1.29 is 19.4 Å². The molecule has 3 aromatic carbocycles. The lowest BCUT2D eigenvalue weighted by Gasteiger charge is -2.23. The van der Waals surface area contributed by atoms with Crippen LogP contribution in [0, 0.1) is 0 Å². The lowest BCUT2D eigenvalue weighted by molar-refractivity contribution is -0.137. The van der Waals surface area contributed by atoms with Crippen molar-refractivity contribution in [1.29, 1.82) is 0 Å². The van der Waals surface area contributed by atoms with Crippen molar-refractivity contribution in [1.82, 2.24) is 4.57 Å². The van der Waals surface area contributed by atoms with Crippen molar-refractivity contribution in [3.63, 3.8) is 0 Å². The maximum absolute atomic E-state index is 13.6. The van der Waals surface area contributed by atoms with Crippen LogP contribution in [0.25, 0.3) is 10.9 Å². The number of carbonyl (C=O) groups excluding carboxylic acids is 1. The maximum Gasteiger partial charge on any atom is 0.303 e. The highest BCUT2D eigenvalue weighted by Crippen LogP contribution is 2.34. The number of hydrogen-bond acceptors (Lipinski definition) is 3. The Morgan fingerprint density at radius 3 is 2.37 bits per heavy atom. The summed E-state index contributed by atoms with van der Waals surface area (Å²) in [6.45, 7) is 2.75. The van der Waals surface area contributed by atoms with Crippen molar-refractivity contribution >= 4 is 22.7 Å². The molecular weight excluding hydrogens is 510 g/mol. The van der Waals surface area contributed by atoms with Crippen LogP contribution in [-0.4, -0.2) is 21.4 Å². The third kappa shape index (κ3) is 7.08. The van der Waals surface area contributed by atoms with Gasteiger partial charge in [0.1, 0.15) is 11.9 Å². The molecule has 0 amide bonds. The summed E-state index contributed by atoms with van der Waals surface area (Å²) in [5.74, 6) is 0.589. The Morgan fingerprint density at radius 2 is 1.66 bits per heavy atom. The fourth-order valence-corrected chi connectivity index (χ4v) is 6.12. The van der Waals surface area contributed by atoms with Crippen LogP contribution in [0.3, 0.4) is 0 Å². The van der Waals surface area contributed by atoms with E-state index in [1.807, 2.05) is 59.3 Å². The van der Waals surface area contributed by atoms with Crippen LogP contribution in [0.1, 0.15) is 110 Å². The minimum absolute atomic E-state index is 0.0271. The molecule has 0 bridgehead atoms. The number of ether oxygens (including phenoxy) is 1. The molecule has 5 rings (SSSR count). The van der Waals surface area contributed by atoms with Crippen LogP contribution in [0.15, 0.2) is 79.0 Å². The third-order valence-electron chi connectivity index (χ3n) is 8.42. The number of para-hydroxylation sites is 1. The quantitative estimate of drug-likeness (QED) is 0.168. The zero-order valence-corrected chi connectivity index (χ0v) is 24.1. The Kier molecular flexibility index (Phi) is 9.55. The predicted octanol–water partition coefficient (Wildman–Crippen LogP) is 9.10. The minimum Gasteiger partial charge on any atom is -0.486 e. The van der Waals surface area contributed by atoms with E-state index in [9.17, 15) is 9.59 Å². The van der Waals surface area contributed by atoms with Gasteiger partial charge in [0, 0.05) is 41.2 Å². The first-order chi connectivity index (χ1) is 20.0. The topological polar surface area (TPSA) is 68.5 Å². The fraction of sp³-hybridized carbons (Fsp3) is 0.389. The van der Waals surface area contributed by atoms with Crippen LogP contribution in [0.5, 0.6) is 5.75 Å². The molecule has 1 heterocycles. The molecule has 5 nitrogen and oxygen atoms in total. The second-order valence-corrected chi connectivity index (χ2v) is 11.4. The van der Waals surface area contributed by atoms with Crippen LogP contribution in [0.4, 0.5) is 0 Å². The second-order valence-electron chi connectivity index (χ2n) is 11.4. The van der Waals surface area contributed by atoms with Crippen molar-refractivity contribution in [3.05, 3.63) is 101 Å². The average Bonchev–Trinajstić information content (AvgIpc) is 3.38. The molecule has 4 aromatic rings. The fourth-order valence-electron chi connectivity index (χ4n) is 6.12. The molecule has 41 heavy (non-hydrogen) atoms. The number of aliphatic carboxylic acids is 1. The molecular formula is C36H41NO4. The first-order valence-corrected chi connectivity index (χ1v) is 15.2. The molecule has 1 N–H and O–H groups in total. The molecule has 1 fully saturated rings. The van der Waals surface area contributed by atoms with E-state index in [2.05, 4.69) is 31.2 Å². The lowest BCUT2D eigenvalue weighted by atomic mass is 9.83. The number of nitrogens with zero attached hydrogens (tertiary/aromatic N) is 1. The number of rotatable bonds is 13. The van der Waals surface area contributed by atoms with Gasteiger partial charge in [-0.3, -0.25) is 9.59 Å². The van der Waals surface area contributed by atoms with E-state index in [-0.39, 0.29) is 18.3 Å². The normalized spacial score (nSPS) is 14.7. The molecule has 1 aliphatic rings. The van der Waals surface area contributed by atoms with Gasteiger partial charge in [0.05, 0.1) is 0 Å². The Labute approximate surface area is 243 Å². The van der Waals surface area contributed by atoms with Gasteiger partial charge in [0.2, 0.25) is 0 Å². The number of unbranched alkanes of at least 4 members (excludes halogenated alkanes) is 1. The summed E-state index contributed by atoms with van der Waals surface area (Å²) < 4.78 is 8.49. The smallest absolute Gasteiger partial charge is 0.303 e. The standard InChI is InChI=1S/C36H41NO4/c1-2-3-14-34(28-18-16-27(17-19-28)26-10-5-4-6-11-26)41-30-22-20-29(21-23-30)36(40)32-25-37(24-9-15-35(38)39)33-13-8-7-12-31(32)33/h7-8,12-13,16-23,25-26,34H,2-6,9-11,14-15,24H2,1H3,(H,38,39). The summed E-state index contributed by atoms with van der Waals surface area (Å²) in [7, 11) is 0. The summed E-state index contributed by atoms with van der Waals surface area (Å²) in [5.41, 5.74) is 4.83. The van der Waals surface area contributed by atoms with E-state index in [0.717, 1.165) is 35.9 Å². The molecule has 5 heteroatoms. The molecule has 1 unspecified atom stereocenters. The van der Waals surface area contributed by atoms with Gasteiger partial charge in [-0.15, -0.1) is 0 Å². The molecule has 0 aliphatic heterocycles. The van der Waals surface area contributed by atoms with Crippen LogP contribution in [0.2, 0.25) is 0 Å². The maximum atomic E-state index is 13.6. The van der Waals surface area contributed by atoms with E-state index in [1.54, 1.807) is 0 Å². The number of fused-ring (bicyclic) bond motifs is 1. The van der Waals surface area contributed by atoms with Crippen molar-refractivity contribution in [2.24, 2.45) is 0 Å². The van der Waals surface area contributed by atoms with Crippen LogP contribution < -0.4 is 4.74 Å². The Morgan fingerprint density at radius 1 is 0.927 bits per heavy atom. The molecule has 214 valence electrons. The van der Waals surface area contributed by atoms with Crippen molar-refractivity contribution in [2.45, 2.75) is 89.7 Å². The first-order valence-electron chi connectivity index (χ1n) is 15.2. The molecule has 0 saturated heterocycles. The van der Waals surface area contributed by atoms with Gasteiger partial charge in [-0.25, -0.2) is 0 Å². The van der Waals surface area contributed by atoms with E-state index in [0.29, 0.717) is 30.0 Å². The van der Waals surface area contributed by atoms with Crippen molar-refractivity contribution in [3.8, 4) is 5.75 Å². The highest BCUT2D eigenvalue weighted by molar-refractivity contribution is 6.16. The van der Waals surface area contributed by atoms with Gasteiger partial charge >= 0.3 is 5.97 Å². The van der Waals surface area contributed by atoms with E-state index in [4.69, 9.17) is 9.84 Å². The highest BCUT2D eigenvalue weighted by Gasteiger charge is 2.19. The highest BCUT2D eigenvalue weighted by atomic mass is 16.5. The Balaban J connectivity index is 1.30. The molecule has 1 aromatic heterocycles. The predicted molar refractivity (Wildman–Crippen MR) is 164 cm³/mol. The van der Waals surface area contributed by atoms with Gasteiger partial charge in [0.15, 0.2) is 5.78 Å². The van der Waals surface area contributed by atoms with E-state index < -0.39 is 5.97 Å². The number of hydrogen-bond donors (Lipinski definition) is 1. The number of carboxylic acid groups (broad SMARTS) is 1. The van der Waals surface area contributed by atoms with Gasteiger partial charge < -0.3 is 14.4 Å². The molecule has 0 spiro atoms. The molecule has 1 atom stereocenters. The Hall–Kier alpha value is -3.86. The number of aromatic nitrogens is 1. The molecule has 0 radical (unpaired) electrons. The zero-order valence-electron chi connectivity index (χ0n) is 24.1. The number of carbonyl (C=O) groups is 2. The summed E-state index contributed by atoms with van der Waals surface area (Å²) in [6, 6.07) is 24.4. The van der Waals surface area contributed by atoms with E-state index in [1.165, 1.54) is 43.2 Å². The molecule has 1 saturated carbocycles. The second kappa shape index (κ2) is 13.7. The van der Waals surface area contributed by atoms with E-state index >= 15 is 0 Å². The lowest BCUT2D eigenvalue weighted by Crippen LogP contribution is -2.09. The summed E-state index contributed by atoms with van der Waals surface area (Å²) >= 11 is 0. The summed E-state index contributed by atoms with van der Waals surface area (Å²) in [4.78, 5) is 24.5. The average molecular weight is 552 g/mol. The minimum atomic E-state index is -0.812. The van der Waals surface area contributed by atoms with Gasteiger partial charge in [-0.2, -0.15) is 0 Å². The number of ketones is 1. The first kappa shape index (κ1) is 28.7. The van der Waals surface area contributed by atoms with Gasteiger partial charge in [-0.1, -0.05) is 75.1 Å². The summed E-state index contributed by atoms with van der Waals surface area (Å²) in [5, 5.41) is 9.90. The Bertz CT molecular complexity index is 1450. The summed E-state index contributed by atoms with van der Waals surface area (Å²) in [6.07, 6.45) is 12.2. The monoisotopic (exact) mass is 551 g/mol. The third-order valence-corrected chi connectivity index (χ3v) is 8.42. The number of benzene rings is 3. The van der Waals surface area contributed by atoms with Crippen LogP contribution in [-0.2, 0) is 11.3 Å². The van der Waals surface area contributed by atoms with Gasteiger partial charge in [0.25, 0.3) is 0 Å². The van der Waals surface area contributed by atoms with Crippen molar-refractivity contribution in [2.75, 3.05) is 0 Å². The SMILES string of the molecule is CCCCC(Oc1ccc(C(=O)c2cn(CCCC(=O)O)c3ccccc23)cc1)c1ccc(C2CCCCC2)cc1. The number of carboxylic acids is 1. The largest absolute Gasteiger partial charge is 0.486 e.